The van der Waals surface area contributed by atoms with Crippen molar-refractivity contribution in [3.05, 3.63) is 59.1 Å². The van der Waals surface area contributed by atoms with E-state index in [0.717, 1.165) is 5.56 Å². The van der Waals surface area contributed by atoms with Gasteiger partial charge in [0.15, 0.2) is 17.9 Å². The molecule has 0 saturated carbocycles. The van der Waals surface area contributed by atoms with Gasteiger partial charge in [-0.3, -0.25) is 10.1 Å². The second-order valence-electron chi connectivity index (χ2n) is 7.48. The van der Waals surface area contributed by atoms with Crippen LogP contribution < -0.4 is 5.32 Å². The zero-order chi connectivity index (χ0) is 22.4. The Balaban J connectivity index is 1.55. The lowest BCUT2D eigenvalue weighted by atomic mass is 10.1. The van der Waals surface area contributed by atoms with Gasteiger partial charge in [-0.2, -0.15) is 0 Å². The number of benzene rings is 2. The monoisotopic (exact) mass is 451 g/mol. The Hall–Kier alpha value is -3.92. The molecule has 2 aromatic carbocycles. The second kappa shape index (κ2) is 7.65. The second-order valence-corrected chi connectivity index (χ2v) is 7.89. The van der Waals surface area contributed by atoms with E-state index in [2.05, 4.69) is 25.5 Å². The molecule has 32 heavy (non-hydrogen) atoms. The van der Waals surface area contributed by atoms with E-state index in [1.54, 1.807) is 24.1 Å². The Morgan fingerprint density at radius 1 is 1.12 bits per heavy atom. The Labute approximate surface area is 187 Å². The first-order valence-corrected chi connectivity index (χ1v) is 10.2. The number of nitrogens with zero attached hydrogens (tertiary/aromatic N) is 5. The van der Waals surface area contributed by atoms with Crippen LogP contribution in [0, 0.1) is 0 Å². The van der Waals surface area contributed by atoms with Crippen molar-refractivity contribution in [1.29, 1.82) is 0 Å². The number of aromatic amines is 1. The fourth-order valence-electron chi connectivity index (χ4n) is 3.88. The summed E-state index contributed by atoms with van der Waals surface area (Å²) in [6.07, 6.45) is -0.760. The maximum atomic E-state index is 12.7. The molecule has 3 amide bonds. The molecule has 1 aromatic heterocycles. The zero-order valence-corrected chi connectivity index (χ0v) is 17.6. The van der Waals surface area contributed by atoms with Gasteiger partial charge in [-0.1, -0.05) is 48.0 Å². The van der Waals surface area contributed by atoms with Crippen molar-refractivity contribution in [3.8, 4) is 5.88 Å². The van der Waals surface area contributed by atoms with Gasteiger partial charge in [0, 0.05) is 24.0 Å². The van der Waals surface area contributed by atoms with E-state index in [1.807, 2.05) is 36.4 Å². The summed E-state index contributed by atoms with van der Waals surface area (Å²) in [7, 11) is 1.56. The Morgan fingerprint density at radius 2 is 1.88 bits per heavy atom. The minimum Gasteiger partial charge on any atom is -0.493 e. The number of para-hydroxylation sites is 1. The number of rotatable bonds is 3. The summed E-state index contributed by atoms with van der Waals surface area (Å²) < 4.78 is 0. The number of likely N-dealkylation sites (N-methyl/N-ethyl adjacent to an activating group) is 1. The molecule has 1 saturated heterocycles. The summed E-state index contributed by atoms with van der Waals surface area (Å²) in [5.74, 6) is -0.455. The molecule has 3 N–H and O–H groups in total. The summed E-state index contributed by atoms with van der Waals surface area (Å²) in [5.41, 5.74) is 1.73. The molecule has 0 radical (unpaired) electrons. The number of azo groups is 1. The van der Waals surface area contributed by atoms with Crippen molar-refractivity contribution in [2.24, 2.45) is 15.2 Å². The van der Waals surface area contributed by atoms with Crippen molar-refractivity contribution < 1.29 is 14.7 Å². The number of imide groups is 1. The Kier molecular flexibility index (Phi) is 4.78. The van der Waals surface area contributed by atoms with Crippen LogP contribution in [0.15, 0.2) is 63.8 Å². The van der Waals surface area contributed by atoms with Crippen LogP contribution in [0.5, 0.6) is 5.88 Å². The van der Waals surface area contributed by atoms with E-state index in [1.165, 1.54) is 4.90 Å². The van der Waals surface area contributed by atoms with Crippen LogP contribution in [0.2, 0.25) is 5.02 Å². The topological polar surface area (TPSA) is 126 Å². The van der Waals surface area contributed by atoms with Gasteiger partial charge >= 0.3 is 6.03 Å². The molecule has 3 heterocycles. The first-order valence-electron chi connectivity index (χ1n) is 9.81. The van der Waals surface area contributed by atoms with Crippen LogP contribution in [-0.2, 0) is 11.3 Å². The summed E-state index contributed by atoms with van der Waals surface area (Å²) >= 11 is 6.34. The number of halogens is 1. The van der Waals surface area contributed by atoms with E-state index >= 15 is 0 Å². The van der Waals surface area contributed by atoms with Gasteiger partial charge in [-0.05, 0) is 17.7 Å². The summed E-state index contributed by atoms with van der Waals surface area (Å²) in [6.45, 7) is 0.230. The number of urea groups is 1. The van der Waals surface area contributed by atoms with Crippen LogP contribution in [0.3, 0.4) is 0 Å². The highest BCUT2D eigenvalue weighted by molar-refractivity contribution is 6.31. The highest BCUT2D eigenvalue weighted by Crippen LogP contribution is 2.36. The van der Waals surface area contributed by atoms with E-state index in [0.29, 0.717) is 15.9 Å². The van der Waals surface area contributed by atoms with Crippen LogP contribution in [0.4, 0.5) is 10.5 Å². The Bertz CT molecular complexity index is 1300. The Morgan fingerprint density at radius 3 is 2.69 bits per heavy atom. The zero-order valence-electron chi connectivity index (χ0n) is 16.9. The van der Waals surface area contributed by atoms with Gasteiger partial charge in [0.05, 0.1) is 5.52 Å². The molecule has 2 atom stereocenters. The molecular weight excluding hydrogens is 434 g/mol. The predicted octanol–water partition coefficient (Wildman–Crippen LogP) is 3.36. The molecule has 10 nitrogen and oxygen atoms in total. The molecule has 0 spiro atoms. The third kappa shape index (κ3) is 3.25. The lowest BCUT2D eigenvalue weighted by Gasteiger charge is -2.35. The molecule has 162 valence electrons. The molecule has 1 fully saturated rings. The first-order chi connectivity index (χ1) is 15.4. The molecule has 5 rings (SSSR count). The van der Waals surface area contributed by atoms with Crippen molar-refractivity contribution in [3.63, 3.8) is 0 Å². The molecule has 2 unspecified atom stereocenters. The van der Waals surface area contributed by atoms with Gasteiger partial charge in [-0.25, -0.2) is 9.79 Å². The van der Waals surface area contributed by atoms with Crippen molar-refractivity contribution in [1.82, 2.24) is 20.1 Å². The van der Waals surface area contributed by atoms with Crippen LogP contribution in [0.25, 0.3) is 10.9 Å². The number of guanidine groups is 1. The number of H-pyrrole nitrogens is 1. The number of carbonyl (C=O) groups excluding carboxylic acids is 2. The summed E-state index contributed by atoms with van der Waals surface area (Å²) in [4.78, 5) is 35.1. The number of hydrogen-bond acceptors (Lipinski definition) is 7. The molecule has 3 aromatic rings. The van der Waals surface area contributed by atoms with Crippen molar-refractivity contribution in [2.75, 3.05) is 7.05 Å². The van der Waals surface area contributed by atoms with Gasteiger partial charge in [0.2, 0.25) is 11.8 Å². The molecule has 11 heteroatoms. The molecule has 0 aliphatic carbocycles. The van der Waals surface area contributed by atoms with Crippen LogP contribution in [0.1, 0.15) is 5.56 Å². The summed E-state index contributed by atoms with van der Waals surface area (Å²) in [5, 5.41) is 22.3. The van der Waals surface area contributed by atoms with Gasteiger partial charge in [0.1, 0.15) is 0 Å². The average Bonchev–Trinajstić information content (AvgIpc) is 3.29. The van der Waals surface area contributed by atoms with Gasteiger partial charge in [0.25, 0.3) is 5.91 Å². The minimum atomic E-state index is -0.792. The lowest BCUT2D eigenvalue weighted by molar-refractivity contribution is -0.127. The minimum absolute atomic E-state index is 0.131. The largest absolute Gasteiger partial charge is 0.493 e. The average molecular weight is 452 g/mol. The van der Waals surface area contributed by atoms with E-state index < -0.39 is 24.1 Å². The molecule has 2 aliphatic rings. The highest BCUT2D eigenvalue weighted by Gasteiger charge is 2.49. The molecule has 0 bridgehead atoms. The van der Waals surface area contributed by atoms with E-state index in [9.17, 15) is 14.7 Å². The number of aromatic nitrogens is 1. The third-order valence-corrected chi connectivity index (χ3v) is 5.90. The number of amides is 3. The van der Waals surface area contributed by atoms with Crippen LogP contribution in [-0.4, -0.2) is 57.0 Å². The summed E-state index contributed by atoms with van der Waals surface area (Å²) in [6, 6.07) is 13.2. The van der Waals surface area contributed by atoms with Gasteiger partial charge in [-0.15, -0.1) is 10.2 Å². The smallest absolute Gasteiger partial charge is 0.325 e. The lowest BCUT2D eigenvalue weighted by Crippen LogP contribution is -2.63. The highest BCUT2D eigenvalue weighted by atomic mass is 35.5. The number of aliphatic imine (C=N–C) groups is 1. The number of nitrogens with one attached hydrogen (secondary N) is 2. The molecule has 2 aliphatic heterocycles. The van der Waals surface area contributed by atoms with Crippen LogP contribution >= 0.6 is 11.6 Å². The van der Waals surface area contributed by atoms with Gasteiger partial charge < -0.3 is 19.9 Å². The normalized spacial score (nSPS) is 20.8. The van der Waals surface area contributed by atoms with E-state index in [4.69, 9.17) is 11.6 Å². The quantitative estimate of drug-likeness (QED) is 0.528. The van der Waals surface area contributed by atoms with Crippen molar-refractivity contribution >= 4 is 46.1 Å². The van der Waals surface area contributed by atoms with Crippen molar-refractivity contribution in [2.45, 2.75) is 18.8 Å². The fourth-order valence-corrected chi connectivity index (χ4v) is 4.08. The first kappa shape index (κ1) is 20.0. The SMILES string of the molecule is CN1C(=O)NC(=O)C2C1N=C(N=Nc1c(O)[nH]c3ccccc13)N2Cc1ccccc1Cl. The fraction of sp³-hybridized carbons (Fsp3) is 0.190. The molecular formula is C21H18ClN7O3. The third-order valence-electron chi connectivity index (χ3n) is 5.54. The maximum Gasteiger partial charge on any atom is 0.325 e. The number of carbonyl (C=O) groups is 2. The maximum absolute atomic E-state index is 12.7. The van der Waals surface area contributed by atoms with E-state index in [-0.39, 0.29) is 24.1 Å². The number of aromatic hydroxyl groups is 1. The standard InChI is InChI=1S/C21H18ClN7O3/c1-28-17-16(19(31)25-21(28)32)29(10-11-6-2-4-8-13(11)22)20(24-17)27-26-15-12-7-3-5-9-14(12)23-18(15)30/h2-9,16-17,23,30H,10H2,1H3,(H,25,31,32). The number of hydrogen-bond donors (Lipinski definition) is 3. The number of fused-ring (bicyclic) bond motifs is 2. The predicted molar refractivity (Wildman–Crippen MR) is 118 cm³/mol.